The molecule has 2 aromatic carbocycles. The third-order valence-corrected chi connectivity index (χ3v) is 3.86. The molecule has 0 spiro atoms. The van der Waals surface area contributed by atoms with E-state index in [-0.39, 0.29) is 5.78 Å². The molecule has 0 saturated carbocycles. The van der Waals surface area contributed by atoms with E-state index in [1.54, 1.807) is 6.92 Å². The molecule has 0 radical (unpaired) electrons. The number of hydrogen-bond acceptors (Lipinski definition) is 3. The molecule has 0 unspecified atom stereocenters. The second-order valence-corrected chi connectivity index (χ2v) is 5.57. The Balaban J connectivity index is 1.90. The molecule has 1 aliphatic heterocycles. The van der Waals surface area contributed by atoms with Crippen LogP contribution in [0.4, 0.5) is 5.69 Å². The number of benzene rings is 2. The molecule has 0 amide bonds. The Morgan fingerprint density at radius 3 is 2.71 bits per heavy atom. The predicted molar refractivity (Wildman–Crippen MR) is 84.4 cm³/mol. The normalized spacial score (nSPS) is 13.5. The van der Waals surface area contributed by atoms with Crippen LogP contribution in [0.2, 0.25) is 5.02 Å². The molecule has 0 aliphatic carbocycles. The van der Waals surface area contributed by atoms with Crippen molar-refractivity contribution >= 4 is 23.1 Å². The van der Waals surface area contributed by atoms with Crippen molar-refractivity contribution in [1.29, 1.82) is 0 Å². The van der Waals surface area contributed by atoms with Crippen LogP contribution in [0.25, 0.3) is 0 Å². The number of ketones is 1. The Morgan fingerprint density at radius 2 is 2.00 bits per heavy atom. The summed E-state index contributed by atoms with van der Waals surface area (Å²) in [5.74, 6) is 0.898. The first-order valence-electron chi connectivity index (χ1n) is 6.90. The van der Waals surface area contributed by atoms with Crippen LogP contribution in [0.5, 0.6) is 5.75 Å². The van der Waals surface area contributed by atoms with Gasteiger partial charge in [-0.05, 0) is 42.8 Å². The molecular weight excluding hydrogens is 286 g/mol. The highest BCUT2D eigenvalue weighted by molar-refractivity contribution is 6.30. The van der Waals surface area contributed by atoms with Gasteiger partial charge in [0.2, 0.25) is 0 Å². The van der Waals surface area contributed by atoms with Gasteiger partial charge in [-0.3, -0.25) is 4.79 Å². The summed E-state index contributed by atoms with van der Waals surface area (Å²) in [4.78, 5) is 13.8. The van der Waals surface area contributed by atoms with Crippen LogP contribution in [0.3, 0.4) is 0 Å². The van der Waals surface area contributed by atoms with Gasteiger partial charge in [-0.15, -0.1) is 0 Å². The molecule has 21 heavy (non-hydrogen) atoms. The highest BCUT2D eigenvalue weighted by atomic mass is 35.5. The van der Waals surface area contributed by atoms with Crippen molar-refractivity contribution < 1.29 is 9.53 Å². The maximum atomic E-state index is 11.6. The monoisotopic (exact) mass is 301 g/mol. The molecule has 4 heteroatoms. The molecule has 1 heterocycles. The molecular formula is C17H16ClNO2. The first-order valence-corrected chi connectivity index (χ1v) is 7.28. The van der Waals surface area contributed by atoms with Crippen LogP contribution >= 0.6 is 11.6 Å². The molecule has 0 bridgehead atoms. The average Bonchev–Trinajstić information content (AvgIpc) is 2.49. The highest BCUT2D eigenvalue weighted by Gasteiger charge is 2.19. The van der Waals surface area contributed by atoms with Gasteiger partial charge in [-0.25, -0.2) is 0 Å². The van der Waals surface area contributed by atoms with Crippen molar-refractivity contribution in [2.75, 3.05) is 18.1 Å². The standard InChI is InChI=1S/C17H16ClNO2/c1-12(20)14-4-7-17-16(10-14)19(8-9-21-17)11-13-2-5-15(18)6-3-13/h2-7,10H,8-9,11H2,1H3. The van der Waals surface area contributed by atoms with Crippen LogP contribution in [0.15, 0.2) is 42.5 Å². The Labute approximate surface area is 129 Å². The van der Waals surface area contributed by atoms with Crippen molar-refractivity contribution in [3.05, 3.63) is 58.6 Å². The van der Waals surface area contributed by atoms with Crippen molar-refractivity contribution in [2.24, 2.45) is 0 Å². The fraction of sp³-hybridized carbons (Fsp3) is 0.235. The lowest BCUT2D eigenvalue weighted by Gasteiger charge is -2.31. The maximum absolute atomic E-state index is 11.6. The molecule has 1 aliphatic rings. The van der Waals surface area contributed by atoms with Crippen LogP contribution in [-0.2, 0) is 6.54 Å². The van der Waals surface area contributed by atoms with E-state index in [1.165, 1.54) is 5.56 Å². The third-order valence-electron chi connectivity index (χ3n) is 3.61. The van der Waals surface area contributed by atoms with E-state index in [1.807, 2.05) is 42.5 Å². The fourth-order valence-electron chi connectivity index (χ4n) is 2.47. The van der Waals surface area contributed by atoms with E-state index in [0.29, 0.717) is 12.2 Å². The van der Waals surface area contributed by atoms with Crippen LogP contribution in [-0.4, -0.2) is 18.9 Å². The topological polar surface area (TPSA) is 29.5 Å². The molecule has 2 aromatic rings. The number of nitrogens with zero attached hydrogens (tertiary/aromatic N) is 1. The number of Topliss-reactive ketones (excluding diaryl/α,β-unsaturated/α-hetero) is 1. The number of hydrogen-bond donors (Lipinski definition) is 0. The summed E-state index contributed by atoms with van der Waals surface area (Å²) in [7, 11) is 0. The Hall–Kier alpha value is -2.00. The van der Waals surface area contributed by atoms with Gasteiger partial charge in [0.25, 0.3) is 0 Å². The van der Waals surface area contributed by atoms with Gasteiger partial charge in [0, 0.05) is 17.1 Å². The lowest BCUT2D eigenvalue weighted by molar-refractivity contribution is 0.101. The van der Waals surface area contributed by atoms with Gasteiger partial charge in [0.15, 0.2) is 5.78 Å². The fourth-order valence-corrected chi connectivity index (χ4v) is 2.59. The minimum atomic E-state index is 0.0646. The average molecular weight is 302 g/mol. The summed E-state index contributed by atoms with van der Waals surface area (Å²) < 4.78 is 5.67. The van der Waals surface area contributed by atoms with Gasteiger partial charge in [0.1, 0.15) is 12.4 Å². The minimum absolute atomic E-state index is 0.0646. The summed E-state index contributed by atoms with van der Waals surface area (Å²) >= 11 is 5.92. The first-order chi connectivity index (χ1) is 10.1. The quantitative estimate of drug-likeness (QED) is 0.804. The van der Waals surface area contributed by atoms with Gasteiger partial charge >= 0.3 is 0 Å². The zero-order chi connectivity index (χ0) is 14.8. The van der Waals surface area contributed by atoms with Crippen LogP contribution in [0, 0.1) is 0 Å². The number of anilines is 1. The number of fused-ring (bicyclic) bond motifs is 1. The van der Waals surface area contributed by atoms with E-state index in [0.717, 1.165) is 29.5 Å². The Bertz CT molecular complexity index is 667. The molecule has 0 N–H and O–H groups in total. The smallest absolute Gasteiger partial charge is 0.159 e. The second kappa shape index (κ2) is 5.78. The predicted octanol–water partition coefficient (Wildman–Crippen LogP) is 3.94. The summed E-state index contributed by atoms with van der Waals surface area (Å²) in [5.41, 5.74) is 2.87. The zero-order valence-corrected chi connectivity index (χ0v) is 12.6. The van der Waals surface area contributed by atoms with Crippen molar-refractivity contribution in [2.45, 2.75) is 13.5 Å². The van der Waals surface area contributed by atoms with Gasteiger partial charge in [0.05, 0.1) is 12.2 Å². The van der Waals surface area contributed by atoms with Gasteiger partial charge in [-0.1, -0.05) is 23.7 Å². The number of halogens is 1. The Morgan fingerprint density at radius 1 is 1.24 bits per heavy atom. The van der Waals surface area contributed by atoms with E-state index in [4.69, 9.17) is 16.3 Å². The molecule has 0 fully saturated rings. The molecule has 0 saturated heterocycles. The molecule has 3 nitrogen and oxygen atoms in total. The number of carbonyl (C=O) groups is 1. The van der Waals surface area contributed by atoms with E-state index in [2.05, 4.69) is 4.90 Å². The second-order valence-electron chi connectivity index (χ2n) is 5.14. The maximum Gasteiger partial charge on any atom is 0.159 e. The molecule has 108 valence electrons. The van der Waals surface area contributed by atoms with Gasteiger partial charge in [-0.2, -0.15) is 0 Å². The van der Waals surface area contributed by atoms with E-state index >= 15 is 0 Å². The first kappa shape index (κ1) is 14.0. The molecule has 0 aromatic heterocycles. The number of ether oxygens (including phenoxy) is 1. The summed E-state index contributed by atoms with van der Waals surface area (Å²) in [6.07, 6.45) is 0. The van der Waals surface area contributed by atoms with E-state index in [9.17, 15) is 4.79 Å². The van der Waals surface area contributed by atoms with Crippen molar-refractivity contribution in [3.63, 3.8) is 0 Å². The lowest BCUT2D eigenvalue weighted by Crippen LogP contribution is -2.32. The van der Waals surface area contributed by atoms with Crippen molar-refractivity contribution in [1.82, 2.24) is 0 Å². The summed E-state index contributed by atoms with van der Waals surface area (Å²) in [6, 6.07) is 13.4. The SMILES string of the molecule is CC(=O)c1ccc2c(c1)N(Cc1ccc(Cl)cc1)CCO2. The van der Waals surface area contributed by atoms with Crippen LogP contribution < -0.4 is 9.64 Å². The Kier molecular flexibility index (Phi) is 3.84. The van der Waals surface area contributed by atoms with E-state index < -0.39 is 0 Å². The lowest BCUT2D eigenvalue weighted by atomic mass is 10.1. The zero-order valence-electron chi connectivity index (χ0n) is 11.8. The third kappa shape index (κ3) is 3.03. The van der Waals surface area contributed by atoms with Crippen LogP contribution in [0.1, 0.15) is 22.8 Å². The summed E-state index contributed by atoms with van der Waals surface area (Å²) in [5, 5.41) is 0.736. The molecule has 0 atom stereocenters. The largest absolute Gasteiger partial charge is 0.490 e. The molecule has 3 rings (SSSR count). The van der Waals surface area contributed by atoms with Gasteiger partial charge < -0.3 is 9.64 Å². The number of rotatable bonds is 3. The minimum Gasteiger partial charge on any atom is -0.490 e. The highest BCUT2D eigenvalue weighted by Crippen LogP contribution is 2.33. The number of carbonyl (C=O) groups excluding carboxylic acids is 1. The summed E-state index contributed by atoms with van der Waals surface area (Å²) in [6.45, 7) is 3.81. The van der Waals surface area contributed by atoms with Crippen molar-refractivity contribution in [3.8, 4) is 5.75 Å².